The van der Waals surface area contributed by atoms with E-state index in [2.05, 4.69) is 15.6 Å². The van der Waals surface area contributed by atoms with Crippen molar-refractivity contribution in [3.8, 4) is 0 Å². The number of aryl methyl sites for hydroxylation is 1. The zero-order chi connectivity index (χ0) is 13.0. The largest absolute Gasteiger partial charge is 0.409 e. The van der Waals surface area contributed by atoms with Gasteiger partial charge in [0.2, 0.25) is 0 Å². The van der Waals surface area contributed by atoms with Crippen LogP contribution in [-0.4, -0.2) is 20.8 Å². The number of amidine groups is 1. The monoisotopic (exact) mass is 245 g/mol. The summed E-state index contributed by atoms with van der Waals surface area (Å²) in [6, 6.07) is 7.50. The van der Waals surface area contributed by atoms with Gasteiger partial charge in [0.1, 0.15) is 0 Å². The van der Waals surface area contributed by atoms with Crippen LogP contribution >= 0.6 is 0 Å². The Bertz CT molecular complexity index is 561. The van der Waals surface area contributed by atoms with E-state index in [1.54, 1.807) is 10.9 Å². The van der Waals surface area contributed by atoms with E-state index in [4.69, 9.17) is 10.9 Å². The van der Waals surface area contributed by atoms with Gasteiger partial charge in [0.25, 0.3) is 0 Å². The molecule has 0 saturated heterocycles. The fourth-order valence-electron chi connectivity index (χ4n) is 1.69. The first-order chi connectivity index (χ1) is 8.70. The Morgan fingerprint density at radius 3 is 2.94 bits per heavy atom. The van der Waals surface area contributed by atoms with Crippen LogP contribution in [0.25, 0.3) is 0 Å². The van der Waals surface area contributed by atoms with Crippen LogP contribution in [0, 0.1) is 0 Å². The van der Waals surface area contributed by atoms with E-state index in [1.165, 1.54) is 0 Å². The topological polar surface area (TPSA) is 88.5 Å². The predicted octanol–water partition coefficient (Wildman–Crippen LogP) is 1.13. The van der Waals surface area contributed by atoms with Crippen molar-refractivity contribution in [3.05, 3.63) is 47.8 Å². The fourth-order valence-corrected chi connectivity index (χ4v) is 1.69. The maximum Gasteiger partial charge on any atom is 0.170 e. The summed E-state index contributed by atoms with van der Waals surface area (Å²) >= 11 is 0. The van der Waals surface area contributed by atoms with Crippen molar-refractivity contribution in [1.29, 1.82) is 0 Å². The third kappa shape index (κ3) is 2.60. The molecule has 2 rings (SSSR count). The fraction of sp³-hybridized carbons (Fsp3) is 0.167. The molecule has 0 radical (unpaired) electrons. The van der Waals surface area contributed by atoms with Crippen molar-refractivity contribution >= 4 is 11.5 Å². The Morgan fingerprint density at radius 1 is 1.50 bits per heavy atom. The van der Waals surface area contributed by atoms with Gasteiger partial charge in [0.05, 0.1) is 11.9 Å². The van der Waals surface area contributed by atoms with Gasteiger partial charge >= 0.3 is 0 Å². The molecule has 1 heterocycles. The number of anilines is 1. The minimum atomic E-state index is 0.110. The summed E-state index contributed by atoms with van der Waals surface area (Å²) in [6.07, 6.45) is 3.62. The van der Waals surface area contributed by atoms with E-state index in [9.17, 15) is 0 Å². The Kier molecular flexibility index (Phi) is 3.47. The number of benzene rings is 1. The average Bonchev–Trinajstić information content (AvgIpc) is 2.81. The molecule has 6 nitrogen and oxygen atoms in total. The van der Waals surface area contributed by atoms with E-state index in [0.717, 1.165) is 16.8 Å². The molecule has 0 bridgehead atoms. The average molecular weight is 245 g/mol. The van der Waals surface area contributed by atoms with Crippen LogP contribution in [0.4, 0.5) is 5.69 Å². The number of nitrogens with one attached hydrogen (secondary N) is 1. The van der Waals surface area contributed by atoms with Crippen LogP contribution in [0.2, 0.25) is 0 Å². The minimum Gasteiger partial charge on any atom is -0.409 e. The van der Waals surface area contributed by atoms with Gasteiger partial charge in [-0.2, -0.15) is 5.10 Å². The highest BCUT2D eigenvalue weighted by Crippen LogP contribution is 2.12. The smallest absolute Gasteiger partial charge is 0.170 e. The molecule has 0 aliphatic carbocycles. The van der Waals surface area contributed by atoms with Gasteiger partial charge in [-0.05, 0) is 5.56 Å². The lowest BCUT2D eigenvalue weighted by Crippen LogP contribution is -2.16. The number of oxime groups is 1. The van der Waals surface area contributed by atoms with Gasteiger partial charge in [-0.15, -0.1) is 0 Å². The minimum absolute atomic E-state index is 0.110. The molecule has 0 aliphatic rings. The van der Waals surface area contributed by atoms with Crippen LogP contribution in [0.5, 0.6) is 0 Å². The van der Waals surface area contributed by atoms with Gasteiger partial charge in [-0.3, -0.25) is 4.68 Å². The first-order valence-electron chi connectivity index (χ1n) is 5.49. The van der Waals surface area contributed by atoms with Gasteiger partial charge in [0, 0.05) is 25.4 Å². The highest BCUT2D eigenvalue weighted by atomic mass is 16.4. The number of hydrogen-bond acceptors (Lipinski definition) is 4. The third-order valence-corrected chi connectivity index (χ3v) is 2.59. The Hall–Kier alpha value is -2.50. The molecule has 1 aromatic heterocycles. The third-order valence-electron chi connectivity index (χ3n) is 2.59. The van der Waals surface area contributed by atoms with Gasteiger partial charge < -0.3 is 16.3 Å². The van der Waals surface area contributed by atoms with Gasteiger partial charge in [-0.25, -0.2) is 0 Å². The van der Waals surface area contributed by atoms with Gasteiger partial charge in [0.15, 0.2) is 5.84 Å². The molecule has 4 N–H and O–H groups in total. The highest BCUT2D eigenvalue weighted by molar-refractivity contribution is 5.98. The second-order valence-electron chi connectivity index (χ2n) is 3.90. The second-order valence-corrected chi connectivity index (χ2v) is 3.90. The molecule has 18 heavy (non-hydrogen) atoms. The summed E-state index contributed by atoms with van der Waals surface area (Å²) in [5.41, 5.74) is 8.22. The summed E-state index contributed by atoms with van der Waals surface area (Å²) < 4.78 is 1.72. The van der Waals surface area contributed by atoms with Crippen molar-refractivity contribution in [3.63, 3.8) is 0 Å². The summed E-state index contributed by atoms with van der Waals surface area (Å²) in [6.45, 7) is 0.581. The normalized spacial score (nSPS) is 11.5. The molecular formula is C12H15N5O. The van der Waals surface area contributed by atoms with E-state index in [1.807, 2.05) is 37.5 Å². The summed E-state index contributed by atoms with van der Waals surface area (Å²) in [7, 11) is 1.86. The molecule has 6 heteroatoms. The summed E-state index contributed by atoms with van der Waals surface area (Å²) in [5, 5.41) is 19.1. The van der Waals surface area contributed by atoms with E-state index >= 15 is 0 Å². The summed E-state index contributed by atoms with van der Waals surface area (Å²) in [5.74, 6) is 0.110. The maximum absolute atomic E-state index is 8.73. The highest BCUT2D eigenvalue weighted by Gasteiger charge is 2.06. The molecular weight excluding hydrogens is 230 g/mol. The van der Waals surface area contributed by atoms with Crippen molar-refractivity contribution < 1.29 is 5.21 Å². The van der Waals surface area contributed by atoms with Crippen LogP contribution in [0.1, 0.15) is 11.1 Å². The van der Waals surface area contributed by atoms with Crippen LogP contribution in [-0.2, 0) is 13.6 Å². The van der Waals surface area contributed by atoms with Crippen LogP contribution in [0.15, 0.2) is 41.8 Å². The lowest BCUT2D eigenvalue weighted by atomic mass is 10.1. The van der Waals surface area contributed by atoms with E-state index in [0.29, 0.717) is 6.54 Å². The molecule has 0 saturated carbocycles. The predicted molar refractivity (Wildman–Crippen MR) is 69.5 cm³/mol. The quantitative estimate of drug-likeness (QED) is 0.326. The standard InChI is InChI=1S/C12H15N5O/c1-17-8-10(7-15-17)14-6-9-4-2-3-5-11(9)12(13)16-18/h2-5,7-8,14,18H,6H2,1H3,(H2,13,16). The molecule has 0 aliphatic heterocycles. The number of hydrogen-bond donors (Lipinski definition) is 3. The van der Waals surface area contributed by atoms with E-state index < -0.39 is 0 Å². The molecule has 0 fully saturated rings. The van der Waals surface area contributed by atoms with Crippen molar-refractivity contribution in [2.45, 2.75) is 6.54 Å². The second kappa shape index (κ2) is 5.22. The zero-order valence-corrected chi connectivity index (χ0v) is 10.0. The molecule has 0 atom stereocenters. The molecule has 0 amide bonds. The van der Waals surface area contributed by atoms with Crippen LogP contribution < -0.4 is 11.1 Å². The van der Waals surface area contributed by atoms with Crippen LogP contribution in [0.3, 0.4) is 0 Å². The van der Waals surface area contributed by atoms with Crippen molar-refractivity contribution in [2.24, 2.45) is 17.9 Å². The molecule has 2 aromatic rings. The molecule has 1 aromatic carbocycles. The zero-order valence-electron chi connectivity index (χ0n) is 10.0. The van der Waals surface area contributed by atoms with Gasteiger partial charge in [-0.1, -0.05) is 29.4 Å². The number of nitrogens with zero attached hydrogens (tertiary/aromatic N) is 3. The number of rotatable bonds is 4. The Balaban J connectivity index is 2.14. The Labute approximate surface area is 105 Å². The number of aromatic nitrogens is 2. The lowest BCUT2D eigenvalue weighted by Gasteiger charge is -2.08. The first kappa shape index (κ1) is 12.0. The lowest BCUT2D eigenvalue weighted by molar-refractivity contribution is 0.318. The van der Waals surface area contributed by atoms with Crippen molar-refractivity contribution in [1.82, 2.24) is 9.78 Å². The summed E-state index contributed by atoms with van der Waals surface area (Å²) in [4.78, 5) is 0. The number of nitrogens with two attached hydrogens (primary N) is 1. The SMILES string of the molecule is Cn1cc(NCc2ccccc2C(N)=NO)cn1. The first-order valence-corrected chi connectivity index (χ1v) is 5.49. The molecule has 0 unspecified atom stereocenters. The molecule has 94 valence electrons. The Morgan fingerprint density at radius 2 is 2.28 bits per heavy atom. The maximum atomic E-state index is 8.73. The molecule has 0 spiro atoms. The van der Waals surface area contributed by atoms with E-state index in [-0.39, 0.29) is 5.84 Å². The van der Waals surface area contributed by atoms with Crippen molar-refractivity contribution in [2.75, 3.05) is 5.32 Å².